The first-order valence-electron chi connectivity index (χ1n) is 5.91. The molecule has 0 atom stereocenters. The summed E-state index contributed by atoms with van der Waals surface area (Å²) in [6.07, 6.45) is 0. The normalized spacial score (nSPS) is 10.4. The molecule has 1 heterocycles. The molecule has 1 aromatic carbocycles. The van der Waals surface area contributed by atoms with Gasteiger partial charge in [0.25, 0.3) is 0 Å². The molecular formula is C14H11BrFN3O. The van der Waals surface area contributed by atoms with Crippen molar-refractivity contribution in [3.05, 3.63) is 46.1 Å². The monoisotopic (exact) mass is 335 g/mol. The van der Waals surface area contributed by atoms with E-state index >= 15 is 0 Å². The summed E-state index contributed by atoms with van der Waals surface area (Å²) in [5, 5.41) is 8.68. The maximum Gasteiger partial charge on any atom is 0.223 e. The van der Waals surface area contributed by atoms with Crippen LogP contribution in [0.25, 0.3) is 0 Å². The minimum atomic E-state index is -0.623. The number of aromatic nitrogens is 2. The van der Waals surface area contributed by atoms with Crippen LogP contribution in [-0.2, 0) is 0 Å². The first kappa shape index (κ1) is 14.4. The molecule has 0 aliphatic rings. The highest BCUT2D eigenvalue weighted by Crippen LogP contribution is 2.25. The van der Waals surface area contributed by atoms with Gasteiger partial charge in [0.15, 0.2) is 0 Å². The molecule has 0 aliphatic carbocycles. The summed E-state index contributed by atoms with van der Waals surface area (Å²) < 4.78 is 19.6. The van der Waals surface area contributed by atoms with Crippen molar-refractivity contribution in [1.82, 2.24) is 9.97 Å². The Morgan fingerprint density at radius 3 is 2.65 bits per heavy atom. The maximum atomic E-state index is 13.5. The number of ether oxygens (including phenoxy) is 1. The number of hydrogen-bond acceptors (Lipinski definition) is 4. The quantitative estimate of drug-likeness (QED) is 0.790. The smallest absolute Gasteiger partial charge is 0.223 e. The van der Waals surface area contributed by atoms with Crippen LogP contribution in [0.5, 0.6) is 11.6 Å². The summed E-state index contributed by atoms with van der Waals surface area (Å²) in [5.41, 5.74) is -0.0240. The van der Waals surface area contributed by atoms with Crippen LogP contribution < -0.4 is 4.74 Å². The Kier molecular flexibility index (Phi) is 4.30. The van der Waals surface area contributed by atoms with Crippen LogP contribution in [0.1, 0.15) is 31.2 Å². The third-order valence-corrected chi connectivity index (χ3v) is 2.89. The van der Waals surface area contributed by atoms with E-state index in [1.807, 2.05) is 13.8 Å². The molecule has 2 aromatic rings. The van der Waals surface area contributed by atoms with Gasteiger partial charge in [0.05, 0.1) is 5.56 Å². The van der Waals surface area contributed by atoms with E-state index in [4.69, 9.17) is 10.00 Å². The second-order valence-electron chi connectivity index (χ2n) is 4.40. The Balaban J connectivity index is 2.30. The Hall–Kier alpha value is -2.00. The van der Waals surface area contributed by atoms with Crippen molar-refractivity contribution in [3.8, 4) is 17.7 Å². The van der Waals surface area contributed by atoms with E-state index in [2.05, 4.69) is 25.9 Å². The van der Waals surface area contributed by atoms with Crippen molar-refractivity contribution < 1.29 is 9.13 Å². The molecule has 0 fully saturated rings. The van der Waals surface area contributed by atoms with Gasteiger partial charge in [-0.05, 0) is 28.1 Å². The van der Waals surface area contributed by atoms with E-state index in [9.17, 15) is 4.39 Å². The molecular weight excluding hydrogens is 325 g/mol. The fraction of sp³-hybridized carbons (Fsp3) is 0.214. The van der Waals surface area contributed by atoms with Crippen LogP contribution in [0, 0.1) is 17.1 Å². The highest BCUT2D eigenvalue weighted by Gasteiger charge is 2.10. The maximum absolute atomic E-state index is 13.5. The van der Waals surface area contributed by atoms with Crippen LogP contribution in [0.3, 0.4) is 0 Å². The summed E-state index contributed by atoms with van der Waals surface area (Å²) in [6.45, 7) is 3.93. The van der Waals surface area contributed by atoms with Gasteiger partial charge in [0, 0.05) is 18.1 Å². The second kappa shape index (κ2) is 5.97. The molecule has 0 radical (unpaired) electrons. The fourth-order valence-corrected chi connectivity index (χ4v) is 1.87. The molecule has 102 valence electrons. The van der Waals surface area contributed by atoms with Gasteiger partial charge in [-0.3, -0.25) is 0 Å². The number of hydrogen-bond donors (Lipinski definition) is 0. The molecule has 0 N–H and O–H groups in total. The van der Waals surface area contributed by atoms with Crippen LogP contribution in [0.4, 0.5) is 4.39 Å². The van der Waals surface area contributed by atoms with Crippen molar-refractivity contribution in [2.45, 2.75) is 19.8 Å². The fourth-order valence-electron chi connectivity index (χ4n) is 1.49. The Labute approximate surface area is 124 Å². The predicted octanol–water partition coefficient (Wildman–Crippen LogP) is 4.17. The van der Waals surface area contributed by atoms with Gasteiger partial charge >= 0.3 is 0 Å². The van der Waals surface area contributed by atoms with E-state index < -0.39 is 5.82 Å². The van der Waals surface area contributed by atoms with E-state index in [1.165, 1.54) is 12.1 Å². The second-order valence-corrected chi connectivity index (χ2v) is 5.21. The largest absolute Gasteiger partial charge is 0.439 e. The molecule has 0 saturated carbocycles. The standard InChI is InChI=1S/C14H11BrFN3O/c1-8(2)14-18-12(15)6-13(19-14)20-10-4-3-9(7-17)11(16)5-10/h3-6,8H,1-2H3. The molecule has 0 aliphatic heterocycles. The first-order chi connectivity index (χ1) is 9.49. The summed E-state index contributed by atoms with van der Waals surface area (Å²) >= 11 is 3.28. The van der Waals surface area contributed by atoms with Crippen LogP contribution in [-0.4, -0.2) is 9.97 Å². The van der Waals surface area contributed by atoms with E-state index in [0.29, 0.717) is 16.3 Å². The number of nitriles is 1. The Morgan fingerprint density at radius 1 is 1.30 bits per heavy atom. The van der Waals surface area contributed by atoms with Crippen molar-refractivity contribution in [3.63, 3.8) is 0 Å². The number of benzene rings is 1. The van der Waals surface area contributed by atoms with Gasteiger partial charge in [-0.25, -0.2) is 9.37 Å². The zero-order chi connectivity index (χ0) is 14.7. The average Bonchev–Trinajstić information content (AvgIpc) is 2.38. The van der Waals surface area contributed by atoms with Gasteiger partial charge in [0.1, 0.15) is 28.1 Å². The van der Waals surface area contributed by atoms with Crippen molar-refractivity contribution >= 4 is 15.9 Å². The summed E-state index contributed by atoms with van der Waals surface area (Å²) in [5.74, 6) is 0.750. The summed E-state index contributed by atoms with van der Waals surface area (Å²) in [7, 11) is 0. The predicted molar refractivity (Wildman–Crippen MR) is 75.0 cm³/mol. The highest BCUT2D eigenvalue weighted by atomic mass is 79.9. The summed E-state index contributed by atoms with van der Waals surface area (Å²) in [4.78, 5) is 8.48. The Bertz CT molecular complexity index is 683. The van der Waals surface area contributed by atoms with Crippen molar-refractivity contribution in [2.24, 2.45) is 0 Å². The number of nitrogens with zero attached hydrogens (tertiary/aromatic N) is 3. The van der Waals surface area contributed by atoms with Crippen LogP contribution in [0.15, 0.2) is 28.9 Å². The number of rotatable bonds is 3. The first-order valence-corrected chi connectivity index (χ1v) is 6.71. The Morgan fingerprint density at radius 2 is 2.05 bits per heavy atom. The zero-order valence-corrected chi connectivity index (χ0v) is 12.5. The average molecular weight is 336 g/mol. The lowest BCUT2D eigenvalue weighted by Gasteiger charge is -2.09. The van der Waals surface area contributed by atoms with Gasteiger partial charge in [-0.15, -0.1) is 0 Å². The lowest BCUT2D eigenvalue weighted by molar-refractivity contribution is 0.451. The van der Waals surface area contributed by atoms with Crippen LogP contribution in [0.2, 0.25) is 0 Å². The summed E-state index contributed by atoms with van der Waals surface area (Å²) in [6, 6.07) is 7.40. The van der Waals surface area contributed by atoms with E-state index in [1.54, 1.807) is 12.1 Å². The van der Waals surface area contributed by atoms with E-state index in [0.717, 1.165) is 6.07 Å². The third-order valence-electron chi connectivity index (χ3n) is 2.49. The lowest BCUT2D eigenvalue weighted by Crippen LogP contribution is -2.00. The van der Waals surface area contributed by atoms with Crippen LogP contribution >= 0.6 is 15.9 Å². The lowest BCUT2D eigenvalue weighted by atomic mass is 10.2. The molecule has 0 saturated heterocycles. The molecule has 0 spiro atoms. The number of halogens is 2. The van der Waals surface area contributed by atoms with Gasteiger partial charge < -0.3 is 4.74 Å². The third kappa shape index (κ3) is 3.31. The molecule has 0 amide bonds. The molecule has 6 heteroatoms. The minimum absolute atomic E-state index is 0.0240. The SMILES string of the molecule is CC(C)c1nc(Br)cc(Oc2ccc(C#N)c(F)c2)n1. The minimum Gasteiger partial charge on any atom is -0.439 e. The van der Waals surface area contributed by atoms with E-state index in [-0.39, 0.29) is 17.2 Å². The molecule has 0 bridgehead atoms. The van der Waals surface area contributed by atoms with Gasteiger partial charge in [-0.2, -0.15) is 10.2 Å². The molecule has 2 rings (SSSR count). The molecule has 4 nitrogen and oxygen atoms in total. The molecule has 20 heavy (non-hydrogen) atoms. The van der Waals surface area contributed by atoms with Gasteiger partial charge in [-0.1, -0.05) is 13.8 Å². The van der Waals surface area contributed by atoms with Gasteiger partial charge in [0.2, 0.25) is 5.88 Å². The topological polar surface area (TPSA) is 58.8 Å². The van der Waals surface area contributed by atoms with Crippen molar-refractivity contribution in [2.75, 3.05) is 0 Å². The molecule has 0 unspecified atom stereocenters. The molecule has 1 aromatic heterocycles. The van der Waals surface area contributed by atoms with Crippen molar-refractivity contribution in [1.29, 1.82) is 5.26 Å². The highest BCUT2D eigenvalue weighted by molar-refractivity contribution is 9.10. The zero-order valence-electron chi connectivity index (χ0n) is 10.9.